The van der Waals surface area contributed by atoms with Gasteiger partial charge in [-0.25, -0.2) is 19.6 Å². The van der Waals surface area contributed by atoms with Gasteiger partial charge < -0.3 is 44.4 Å². The summed E-state index contributed by atoms with van der Waals surface area (Å²) in [5.41, 5.74) is 3.09. The number of hydrogen-bond donors (Lipinski definition) is 4. The maximum absolute atomic E-state index is 14.2. The maximum atomic E-state index is 14.2. The van der Waals surface area contributed by atoms with E-state index in [1.54, 1.807) is 6.20 Å². The average Bonchev–Trinajstić information content (AvgIpc) is 3.76. The Morgan fingerprint density at radius 3 is 2.31 bits per heavy atom. The number of carbonyl (C=O) groups is 4. The lowest BCUT2D eigenvalue weighted by Crippen LogP contribution is -2.54. The fraction of sp³-hybridized carbons (Fsp3) is 0.522. The highest BCUT2D eigenvalue weighted by molar-refractivity contribution is 5.89. The first-order valence-corrected chi connectivity index (χ1v) is 21.8. The molecule has 4 N–H and O–H groups in total. The van der Waals surface area contributed by atoms with E-state index in [0.717, 1.165) is 46.9 Å². The van der Waals surface area contributed by atoms with Crippen molar-refractivity contribution in [3.63, 3.8) is 0 Å². The normalized spacial score (nSPS) is 24.8. The van der Waals surface area contributed by atoms with Gasteiger partial charge in [0, 0.05) is 69.6 Å². The van der Waals surface area contributed by atoms with Crippen molar-refractivity contribution < 1.29 is 38.5 Å². The molecule has 5 aliphatic rings. The van der Waals surface area contributed by atoms with E-state index in [9.17, 15) is 24.3 Å². The molecule has 2 aromatic carbocycles. The van der Waals surface area contributed by atoms with Crippen LogP contribution in [0.4, 0.5) is 9.59 Å². The SMILES string of the molecule is COC(=O)N[C@H](C(=O)N1[C@@H]2C[C@@H]2C[C@H]1c1nc(C#Cc2ccc3cc(-c4c[nH]c([C@@H]5C[C@H](C)CN5C(=O)[C@H](C5CCOCC5)N(C)C(=O)O)n4)ccc3c2)c[nH]1)C1CCOCC1. The third-order valence-corrected chi connectivity index (χ3v) is 13.6. The number of methoxy groups -OCH3 is 1. The second-order valence-corrected chi connectivity index (χ2v) is 17.6. The maximum Gasteiger partial charge on any atom is 0.407 e. The van der Waals surface area contributed by atoms with Crippen molar-refractivity contribution in [1.82, 2.24) is 40.0 Å². The van der Waals surface area contributed by atoms with Crippen LogP contribution in [0.2, 0.25) is 0 Å². The topological polar surface area (TPSA) is 195 Å². The lowest BCUT2D eigenvalue weighted by Gasteiger charge is -2.37. The average molecular weight is 847 g/mol. The van der Waals surface area contributed by atoms with E-state index >= 15 is 0 Å². The predicted molar refractivity (Wildman–Crippen MR) is 226 cm³/mol. The number of fused-ring (bicyclic) bond motifs is 2. The number of nitrogens with zero attached hydrogens (tertiary/aromatic N) is 5. The molecule has 1 saturated carbocycles. The molecule has 4 saturated heterocycles. The zero-order valence-electron chi connectivity index (χ0n) is 35.3. The van der Waals surface area contributed by atoms with E-state index in [1.165, 1.54) is 19.1 Å². The van der Waals surface area contributed by atoms with Crippen LogP contribution in [-0.4, -0.2) is 129 Å². The molecule has 9 rings (SSSR count). The minimum absolute atomic E-state index is 0.0354. The van der Waals surface area contributed by atoms with Crippen LogP contribution in [0.25, 0.3) is 22.0 Å². The smallest absolute Gasteiger partial charge is 0.407 e. The van der Waals surface area contributed by atoms with Gasteiger partial charge >= 0.3 is 12.2 Å². The molecule has 6 heterocycles. The van der Waals surface area contributed by atoms with Gasteiger partial charge in [-0.15, -0.1) is 0 Å². The lowest BCUT2D eigenvalue weighted by molar-refractivity contribution is -0.140. The number of likely N-dealkylation sites (tertiary alicyclic amines) is 2. The molecule has 326 valence electrons. The molecule has 2 aromatic heterocycles. The molecule has 16 heteroatoms. The van der Waals surface area contributed by atoms with E-state index < -0.39 is 24.3 Å². The van der Waals surface area contributed by atoms with E-state index in [2.05, 4.69) is 40.1 Å². The van der Waals surface area contributed by atoms with Gasteiger partial charge in [-0.05, 0) is 104 Å². The number of nitrogens with one attached hydrogen (secondary N) is 3. The van der Waals surface area contributed by atoms with Gasteiger partial charge in [0.2, 0.25) is 11.8 Å². The monoisotopic (exact) mass is 846 g/mol. The first kappa shape index (κ1) is 41.4. The molecule has 0 bridgehead atoms. The highest BCUT2D eigenvalue weighted by atomic mass is 16.5. The number of aromatic amines is 2. The fourth-order valence-corrected chi connectivity index (χ4v) is 10.2. The predicted octanol–water partition coefficient (Wildman–Crippen LogP) is 5.48. The molecular weight excluding hydrogens is 793 g/mol. The summed E-state index contributed by atoms with van der Waals surface area (Å²) in [6.07, 6.45) is 7.05. The third-order valence-electron chi connectivity index (χ3n) is 13.6. The number of amides is 4. The molecule has 4 aromatic rings. The Morgan fingerprint density at radius 2 is 1.56 bits per heavy atom. The largest absolute Gasteiger partial charge is 0.465 e. The third kappa shape index (κ3) is 8.35. The molecule has 4 amide bonds. The first-order chi connectivity index (χ1) is 30.1. The Labute approximate surface area is 360 Å². The van der Waals surface area contributed by atoms with Gasteiger partial charge in [-0.3, -0.25) is 14.5 Å². The molecule has 1 aliphatic carbocycles. The number of benzene rings is 2. The van der Waals surface area contributed by atoms with Gasteiger partial charge in [0.1, 0.15) is 29.4 Å². The summed E-state index contributed by atoms with van der Waals surface area (Å²) in [7, 11) is 2.79. The number of aromatic nitrogens is 4. The number of carboxylic acid groups (broad SMARTS) is 1. The molecule has 7 atom stereocenters. The molecule has 16 nitrogen and oxygen atoms in total. The summed E-state index contributed by atoms with van der Waals surface area (Å²) in [6.45, 7) is 4.78. The Bertz CT molecular complexity index is 2390. The van der Waals surface area contributed by atoms with Crippen molar-refractivity contribution in [2.45, 2.75) is 82.1 Å². The summed E-state index contributed by atoms with van der Waals surface area (Å²) >= 11 is 0. The van der Waals surface area contributed by atoms with Crippen LogP contribution in [0, 0.1) is 35.5 Å². The van der Waals surface area contributed by atoms with Crippen LogP contribution in [0.15, 0.2) is 48.8 Å². The van der Waals surface area contributed by atoms with Crippen LogP contribution in [0.5, 0.6) is 0 Å². The second kappa shape index (κ2) is 17.5. The van der Waals surface area contributed by atoms with Crippen molar-refractivity contribution in [3.8, 4) is 23.1 Å². The second-order valence-electron chi connectivity index (χ2n) is 17.6. The minimum Gasteiger partial charge on any atom is -0.465 e. The fourth-order valence-electron chi connectivity index (χ4n) is 10.2. The van der Waals surface area contributed by atoms with E-state index in [0.29, 0.717) is 81.9 Å². The Balaban J connectivity index is 0.882. The molecule has 5 fully saturated rings. The van der Waals surface area contributed by atoms with Crippen molar-refractivity contribution in [1.29, 1.82) is 0 Å². The van der Waals surface area contributed by atoms with E-state index in [4.69, 9.17) is 24.2 Å². The summed E-state index contributed by atoms with van der Waals surface area (Å²) in [6, 6.07) is 10.3. The minimum atomic E-state index is -1.12. The molecule has 0 spiro atoms. The first-order valence-electron chi connectivity index (χ1n) is 21.8. The number of hydrogen-bond acceptors (Lipinski definition) is 9. The highest BCUT2D eigenvalue weighted by Gasteiger charge is 2.56. The molecule has 0 unspecified atom stereocenters. The van der Waals surface area contributed by atoms with Crippen LogP contribution in [-0.2, 0) is 23.8 Å². The number of ether oxygens (including phenoxy) is 3. The number of H-pyrrole nitrogens is 2. The summed E-state index contributed by atoms with van der Waals surface area (Å²) in [4.78, 5) is 74.2. The molecule has 4 aliphatic heterocycles. The highest BCUT2D eigenvalue weighted by Crippen LogP contribution is 2.53. The Kier molecular flexibility index (Phi) is 11.7. The number of carbonyl (C=O) groups excluding carboxylic acids is 3. The number of imidazole rings is 2. The number of rotatable bonds is 9. The van der Waals surface area contributed by atoms with Gasteiger partial charge in [0.25, 0.3) is 0 Å². The number of alkyl carbamates (subject to hydrolysis) is 1. The lowest BCUT2D eigenvalue weighted by atomic mass is 9.89. The van der Waals surface area contributed by atoms with Crippen molar-refractivity contribution in [2.24, 2.45) is 23.7 Å². The molecular formula is C46H54N8O8. The van der Waals surface area contributed by atoms with Gasteiger partial charge in [-0.2, -0.15) is 0 Å². The Hall–Kier alpha value is -5.92. The van der Waals surface area contributed by atoms with Crippen LogP contribution in [0.3, 0.4) is 0 Å². The van der Waals surface area contributed by atoms with E-state index in [-0.39, 0.29) is 47.7 Å². The Morgan fingerprint density at radius 1 is 0.871 bits per heavy atom. The van der Waals surface area contributed by atoms with Crippen LogP contribution < -0.4 is 5.32 Å². The van der Waals surface area contributed by atoms with Crippen LogP contribution >= 0.6 is 0 Å². The quantitative estimate of drug-likeness (QED) is 0.157. The van der Waals surface area contributed by atoms with Gasteiger partial charge in [0.15, 0.2) is 0 Å². The van der Waals surface area contributed by atoms with Gasteiger partial charge in [0.05, 0.1) is 24.9 Å². The van der Waals surface area contributed by atoms with Crippen LogP contribution in [0.1, 0.15) is 86.9 Å². The zero-order valence-corrected chi connectivity index (χ0v) is 35.3. The number of piperidine rings is 1. The van der Waals surface area contributed by atoms with E-state index in [1.807, 2.05) is 46.3 Å². The van der Waals surface area contributed by atoms with Crippen molar-refractivity contribution in [3.05, 3.63) is 71.7 Å². The van der Waals surface area contributed by atoms with Crippen molar-refractivity contribution >= 4 is 34.8 Å². The molecule has 0 radical (unpaired) electrons. The summed E-state index contributed by atoms with van der Waals surface area (Å²) in [5.74, 6) is 8.06. The molecule has 62 heavy (non-hydrogen) atoms. The standard InChI is InChI=1S/C46H54N8O8/c1-26-18-37(53(25-26)44(56)40(52(2)46(58)59)29-12-16-62-17-13-29)41-48-24-35(50-41)32-8-7-30-19-27(4-6-31(30)20-32)5-9-34-23-47-42(49-34)38-22-33-21-36(33)54(38)43(55)39(51-45(57)60-3)28-10-14-61-15-11-28/h4,6-8,19-20,23-24,26,28-29,33,36-40H,10-18,21-22,25H2,1-3H3,(H,47,49)(H,48,50)(H,51,57)(H,58,59)/t26-,33+,36+,37-,38-,39-,40-/m0/s1. The summed E-state index contributed by atoms with van der Waals surface area (Å²) < 4.78 is 16.0. The zero-order chi connectivity index (χ0) is 43.1. The van der Waals surface area contributed by atoms with Gasteiger partial charge in [-0.1, -0.05) is 31.0 Å². The number of likely N-dealkylation sites (N-methyl/N-ethyl adjacent to an activating group) is 1. The summed E-state index contributed by atoms with van der Waals surface area (Å²) in [5, 5.41) is 14.8. The van der Waals surface area contributed by atoms with Crippen molar-refractivity contribution in [2.75, 3.05) is 47.1 Å².